The Morgan fingerprint density at radius 2 is 1.91 bits per heavy atom. The van der Waals surface area contributed by atoms with Crippen molar-refractivity contribution in [1.29, 1.82) is 0 Å². The number of likely N-dealkylation sites (N-methyl/N-ethyl adjacent to an activating group) is 1. The van der Waals surface area contributed by atoms with Gasteiger partial charge in [0.2, 0.25) is 0 Å². The summed E-state index contributed by atoms with van der Waals surface area (Å²) in [4.78, 5) is 18.0. The van der Waals surface area contributed by atoms with Gasteiger partial charge in [0, 0.05) is 51.9 Å². The van der Waals surface area contributed by atoms with Crippen LogP contribution >= 0.6 is 0 Å². The number of nitrogens with zero attached hydrogens (tertiary/aromatic N) is 3. The summed E-state index contributed by atoms with van der Waals surface area (Å²) in [6.45, 7) is 7.53. The molecule has 1 atom stereocenters. The molecule has 0 bridgehead atoms. The van der Waals surface area contributed by atoms with Crippen LogP contribution in [0.2, 0.25) is 0 Å². The Labute approximate surface area is 137 Å². The number of carbonyl (C=O) groups is 1. The molecular formula is C17H25N3O3. The van der Waals surface area contributed by atoms with Gasteiger partial charge in [0.25, 0.3) is 0 Å². The molecular weight excluding hydrogens is 294 g/mol. The largest absolute Gasteiger partial charge is 0.482 e. The van der Waals surface area contributed by atoms with Crippen LogP contribution in [-0.2, 0) is 11.3 Å². The molecule has 0 unspecified atom stereocenters. The number of piperazine rings is 2. The van der Waals surface area contributed by atoms with E-state index >= 15 is 0 Å². The molecule has 6 nitrogen and oxygen atoms in total. The fourth-order valence-corrected chi connectivity index (χ4v) is 3.41. The lowest BCUT2D eigenvalue weighted by Gasteiger charge is -2.46. The van der Waals surface area contributed by atoms with Crippen molar-refractivity contribution in [1.82, 2.24) is 14.7 Å². The van der Waals surface area contributed by atoms with E-state index in [0.717, 1.165) is 32.7 Å². The van der Waals surface area contributed by atoms with Crippen molar-refractivity contribution in [3.63, 3.8) is 0 Å². The highest BCUT2D eigenvalue weighted by Gasteiger charge is 2.30. The molecule has 2 aliphatic rings. The Bertz CT molecular complexity index is 534. The van der Waals surface area contributed by atoms with Crippen LogP contribution in [0.5, 0.6) is 5.75 Å². The number of fused-ring (bicyclic) bond motifs is 1. The monoisotopic (exact) mass is 319 g/mol. The third kappa shape index (κ3) is 4.43. The number of hydrogen-bond donors (Lipinski definition) is 1. The quantitative estimate of drug-likeness (QED) is 0.857. The maximum atomic E-state index is 10.5. The van der Waals surface area contributed by atoms with E-state index in [1.807, 2.05) is 24.3 Å². The Morgan fingerprint density at radius 3 is 2.65 bits per heavy atom. The topological polar surface area (TPSA) is 56.2 Å². The van der Waals surface area contributed by atoms with Crippen LogP contribution in [0.15, 0.2) is 24.3 Å². The molecule has 2 fully saturated rings. The molecule has 0 amide bonds. The minimum atomic E-state index is -0.954. The van der Waals surface area contributed by atoms with E-state index < -0.39 is 5.97 Å². The number of carboxylic acids is 1. The molecule has 1 aromatic carbocycles. The van der Waals surface area contributed by atoms with Gasteiger partial charge in [-0.15, -0.1) is 0 Å². The molecule has 0 saturated carbocycles. The van der Waals surface area contributed by atoms with Crippen LogP contribution in [0.3, 0.4) is 0 Å². The van der Waals surface area contributed by atoms with Crippen molar-refractivity contribution in [2.45, 2.75) is 12.6 Å². The Balaban J connectivity index is 1.52. The summed E-state index contributed by atoms with van der Waals surface area (Å²) < 4.78 is 5.17. The lowest BCUT2D eigenvalue weighted by atomic mass is 10.1. The van der Waals surface area contributed by atoms with E-state index in [1.54, 1.807) is 0 Å². The molecule has 1 N–H and O–H groups in total. The van der Waals surface area contributed by atoms with Crippen molar-refractivity contribution < 1.29 is 14.6 Å². The minimum Gasteiger partial charge on any atom is -0.482 e. The second-order valence-electron chi connectivity index (χ2n) is 6.51. The molecule has 0 spiro atoms. The zero-order valence-electron chi connectivity index (χ0n) is 13.6. The summed E-state index contributed by atoms with van der Waals surface area (Å²) in [6.07, 6.45) is 0. The highest BCUT2D eigenvalue weighted by molar-refractivity contribution is 5.68. The van der Waals surface area contributed by atoms with E-state index in [1.165, 1.54) is 18.7 Å². The predicted octanol–water partition coefficient (Wildman–Crippen LogP) is 0.582. The summed E-state index contributed by atoms with van der Waals surface area (Å²) in [6, 6.07) is 8.39. The molecule has 2 saturated heterocycles. The number of ether oxygens (including phenoxy) is 1. The molecule has 3 rings (SSSR count). The molecule has 126 valence electrons. The fraction of sp³-hybridized carbons (Fsp3) is 0.588. The van der Waals surface area contributed by atoms with Crippen LogP contribution in [0.4, 0.5) is 0 Å². The molecule has 23 heavy (non-hydrogen) atoms. The lowest BCUT2D eigenvalue weighted by molar-refractivity contribution is -0.139. The molecule has 2 heterocycles. The van der Waals surface area contributed by atoms with Crippen LogP contribution in [0, 0.1) is 0 Å². The molecule has 0 aromatic heterocycles. The lowest BCUT2D eigenvalue weighted by Crippen LogP contribution is -2.60. The first kappa shape index (κ1) is 16.2. The average Bonchev–Trinajstić information content (AvgIpc) is 2.54. The van der Waals surface area contributed by atoms with Crippen LogP contribution < -0.4 is 4.74 Å². The Kier molecular flexibility index (Phi) is 5.15. The van der Waals surface area contributed by atoms with Crippen LogP contribution in [0.1, 0.15) is 5.56 Å². The second-order valence-corrected chi connectivity index (χ2v) is 6.51. The van der Waals surface area contributed by atoms with Crippen molar-refractivity contribution in [3.8, 4) is 5.75 Å². The van der Waals surface area contributed by atoms with Crippen molar-refractivity contribution in [2.24, 2.45) is 0 Å². The highest BCUT2D eigenvalue weighted by atomic mass is 16.5. The van der Waals surface area contributed by atoms with Gasteiger partial charge in [0.1, 0.15) is 5.75 Å². The van der Waals surface area contributed by atoms with Crippen molar-refractivity contribution in [3.05, 3.63) is 29.8 Å². The van der Waals surface area contributed by atoms with Crippen molar-refractivity contribution >= 4 is 5.97 Å². The Hall–Kier alpha value is -1.63. The normalized spacial score (nSPS) is 23.4. The number of aliphatic carboxylic acids is 1. The number of hydrogen-bond acceptors (Lipinski definition) is 5. The summed E-state index contributed by atoms with van der Waals surface area (Å²) in [5.74, 6) is -0.348. The number of carboxylic acid groups (broad SMARTS) is 1. The third-order valence-electron chi connectivity index (χ3n) is 4.67. The molecule has 1 aromatic rings. The molecule has 2 aliphatic heterocycles. The molecule has 0 radical (unpaired) electrons. The maximum Gasteiger partial charge on any atom is 0.341 e. The predicted molar refractivity (Wildman–Crippen MR) is 87.7 cm³/mol. The summed E-state index contributed by atoms with van der Waals surface area (Å²) in [5.41, 5.74) is 1.24. The van der Waals surface area contributed by atoms with E-state index in [-0.39, 0.29) is 6.61 Å². The van der Waals surface area contributed by atoms with Gasteiger partial charge in [-0.25, -0.2) is 4.79 Å². The summed E-state index contributed by atoms with van der Waals surface area (Å²) in [7, 11) is 2.20. The van der Waals surface area contributed by atoms with Gasteiger partial charge in [0.05, 0.1) is 0 Å². The van der Waals surface area contributed by atoms with E-state index in [0.29, 0.717) is 11.8 Å². The first-order valence-electron chi connectivity index (χ1n) is 8.18. The van der Waals surface area contributed by atoms with Gasteiger partial charge in [-0.2, -0.15) is 0 Å². The van der Waals surface area contributed by atoms with Crippen molar-refractivity contribution in [2.75, 3.05) is 52.9 Å². The average molecular weight is 319 g/mol. The highest BCUT2D eigenvalue weighted by Crippen LogP contribution is 2.18. The van der Waals surface area contributed by atoms with Gasteiger partial charge in [-0.1, -0.05) is 12.1 Å². The molecule has 6 heteroatoms. The van der Waals surface area contributed by atoms with Gasteiger partial charge < -0.3 is 14.7 Å². The van der Waals surface area contributed by atoms with Gasteiger partial charge in [0.15, 0.2) is 6.61 Å². The zero-order chi connectivity index (χ0) is 16.2. The van der Waals surface area contributed by atoms with E-state index in [4.69, 9.17) is 9.84 Å². The fourth-order valence-electron chi connectivity index (χ4n) is 3.41. The number of rotatable bonds is 5. The summed E-state index contributed by atoms with van der Waals surface area (Å²) in [5, 5.41) is 8.62. The Morgan fingerprint density at radius 1 is 1.17 bits per heavy atom. The van der Waals surface area contributed by atoms with Gasteiger partial charge in [-0.3, -0.25) is 9.80 Å². The smallest absolute Gasteiger partial charge is 0.341 e. The summed E-state index contributed by atoms with van der Waals surface area (Å²) >= 11 is 0. The van der Waals surface area contributed by atoms with E-state index in [2.05, 4.69) is 21.7 Å². The third-order valence-corrected chi connectivity index (χ3v) is 4.67. The van der Waals surface area contributed by atoms with Crippen LogP contribution in [-0.4, -0.2) is 84.7 Å². The molecule has 0 aliphatic carbocycles. The minimum absolute atomic E-state index is 0.295. The first-order chi connectivity index (χ1) is 11.1. The SMILES string of the molecule is CN1CCN2CCN(Cc3ccc(OCC(=O)O)cc3)C[C@@H]2C1. The van der Waals surface area contributed by atoms with Gasteiger partial charge >= 0.3 is 5.97 Å². The zero-order valence-corrected chi connectivity index (χ0v) is 13.6. The van der Waals surface area contributed by atoms with Gasteiger partial charge in [-0.05, 0) is 24.7 Å². The maximum absolute atomic E-state index is 10.5. The second kappa shape index (κ2) is 7.29. The van der Waals surface area contributed by atoms with Crippen LogP contribution in [0.25, 0.3) is 0 Å². The first-order valence-corrected chi connectivity index (χ1v) is 8.18. The standard InChI is InChI=1S/C17H25N3O3/c1-18-6-8-20-9-7-19(12-15(20)11-18)10-14-2-4-16(5-3-14)23-13-17(21)22/h2-5,15H,6-13H2,1H3,(H,21,22)/t15-/m0/s1. The number of benzene rings is 1. The van der Waals surface area contributed by atoms with E-state index in [9.17, 15) is 4.79 Å².